The Morgan fingerprint density at radius 3 is 2.59 bits per heavy atom. The van der Waals surface area contributed by atoms with Crippen molar-refractivity contribution in [1.82, 2.24) is 9.88 Å². The van der Waals surface area contributed by atoms with Crippen LogP contribution < -0.4 is 0 Å². The van der Waals surface area contributed by atoms with E-state index in [4.69, 9.17) is 0 Å². The van der Waals surface area contributed by atoms with Crippen molar-refractivity contribution >= 4 is 17.7 Å². The number of hydrogen-bond acceptors (Lipinski definition) is 3. The predicted molar refractivity (Wildman–Crippen MR) is 78.3 cm³/mol. The molecule has 0 radical (unpaired) electrons. The van der Waals surface area contributed by atoms with E-state index in [0.717, 1.165) is 5.56 Å². The van der Waals surface area contributed by atoms with Gasteiger partial charge < -0.3 is 4.90 Å². The topological polar surface area (TPSA) is 33.2 Å². The zero-order valence-corrected chi connectivity index (χ0v) is 12.5. The van der Waals surface area contributed by atoms with Gasteiger partial charge in [-0.25, -0.2) is 9.37 Å². The number of amides is 1. The molecule has 2 rings (SSSR count). The monoisotopic (exact) mass is 326 g/mol. The summed E-state index contributed by atoms with van der Waals surface area (Å²) in [6.45, 7) is 0.243. The Morgan fingerprint density at radius 2 is 1.95 bits per heavy atom. The van der Waals surface area contributed by atoms with E-state index in [1.165, 1.54) is 35.4 Å². The molecule has 1 aromatic heterocycles. The third kappa shape index (κ3) is 4.24. The fraction of sp³-hybridized carbons (Fsp3) is 0.200. The molecule has 0 unspecified atom stereocenters. The largest absolute Gasteiger partial charge is 0.337 e. The van der Waals surface area contributed by atoms with Crippen LogP contribution in [0.3, 0.4) is 0 Å². The van der Waals surface area contributed by atoms with Crippen LogP contribution in [0.5, 0.6) is 0 Å². The predicted octanol–water partition coefficient (Wildman–Crippen LogP) is 3.81. The Bertz CT molecular complexity index is 649. The van der Waals surface area contributed by atoms with Crippen molar-refractivity contribution < 1.29 is 18.0 Å². The Balaban J connectivity index is 2.15. The van der Waals surface area contributed by atoms with Gasteiger partial charge in [-0.15, -0.1) is 0 Å². The first-order chi connectivity index (χ1) is 10.5. The zero-order valence-electron chi connectivity index (χ0n) is 11.7. The van der Waals surface area contributed by atoms with E-state index in [1.54, 1.807) is 19.2 Å². The summed E-state index contributed by atoms with van der Waals surface area (Å²) in [6.07, 6.45) is 1.36. The van der Waals surface area contributed by atoms with Gasteiger partial charge >= 0.3 is 0 Å². The number of alkyl halides is 2. The minimum atomic E-state index is -2.65. The lowest BCUT2D eigenvalue weighted by atomic mass is 10.2. The van der Waals surface area contributed by atoms with E-state index in [1.807, 2.05) is 0 Å². The lowest BCUT2D eigenvalue weighted by Gasteiger charge is -2.18. The lowest BCUT2D eigenvalue weighted by molar-refractivity contribution is 0.0781. The third-order valence-electron chi connectivity index (χ3n) is 2.88. The van der Waals surface area contributed by atoms with Gasteiger partial charge in [0.1, 0.15) is 10.8 Å². The Morgan fingerprint density at radius 1 is 1.27 bits per heavy atom. The number of rotatable bonds is 5. The summed E-state index contributed by atoms with van der Waals surface area (Å²) in [4.78, 5) is 17.6. The number of carbonyl (C=O) groups is 1. The van der Waals surface area contributed by atoms with E-state index in [0.29, 0.717) is 0 Å². The summed E-state index contributed by atoms with van der Waals surface area (Å²) in [7, 11) is 1.55. The van der Waals surface area contributed by atoms with Crippen molar-refractivity contribution in [2.75, 3.05) is 7.05 Å². The van der Waals surface area contributed by atoms with Gasteiger partial charge in [0.05, 0.1) is 5.56 Å². The smallest absolute Gasteiger partial charge is 0.290 e. The first kappa shape index (κ1) is 16.4. The van der Waals surface area contributed by atoms with Crippen LogP contribution in [-0.4, -0.2) is 28.6 Å². The van der Waals surface area contributed by atoms with Gasteiger partial charge in [-0.1, -0.05) is 12.1 Å². The summed E-state index contributed by atoms with van der Waals surface area (Å²) in [5.41, 5.74) is 0.863. The molecule has 2 aromatic rings. The number of carbonyl (C=O) groups excluding carboxylic acids is 1. The number of nitrogens with zero attached hydrogens (tertiary/aromatic N) is 2. The van der Waals surface area contributed by atoms with Gasteiger partial charge in [-0.05, 0) is 41.6 Å². The van der Waals surface area contributed by atoms with Gasteiger partial charge in [0.15, 0.2) is 0 Å². The third-order valence-corrected chi connectivity index (χ3v) is 3.61. The first-order valence-corrected chi connectivity index (χ1v) is 7.25. The van der Waals surface area contributed by atoms with Gasteiger partial charge in [-0.2, -0.15) is 8.78 Å². The fourth-order valence-electron chi connectivity index (χ4n) is 1.87. The molecule has 7 heteroatoms. The molecule has 0 bridgehead atoms. The molecule has 3 nitrogen and oxygen atoms in total. The molecule has 0 fully saturated rings. The molecule has 0 aliphatic carbocycles. The Hall–Kier alpha value is -2.02. The average Bonchev–Trinajstić information content (AvgIpc) is 2.49. The molecule has 1 amide bonds. The Labute approximate surface area is 130 Å². The van der Waals surface area contributed by atoms with Crippen LogP contribution >= 0.6 is 11.8 Å². The van der Waals surface area contributed by atoms with E-state index in [-0.39, 0.29) is 34.7 Å². The van der Waals surface area contributed by atoms with Gasteiger partial charge in [0.25, 0.3) is 11.7 Å². The van der Waals surface area contributed by atoms with Crippen LogP contribution in [0.4, 0.5) is 13.2 Å². The number of halogens is 3. The minimum Gasteiger partial charge on any atom is -0.337 e. The van der Waals surface area contributed by atoms with E-state index >= 15 is 0 Å². The highest BCUT2D eigenvalue weighted by Crippen LogP contribution is 2.27. The lowest BCUT2D eigenvalue weighted by Crippen LogP contribution is -2.27. The van der Waals surface area contributed by atoms with Crippen molar-refractivity contribution in [3.05, 3.63) is 59.5 Å². The molecular formula is C15H13F3N2OS. The minimum absolute atomic E-state index is 0.00606. The molecule has 0 aliphatic rings. The molecule has 116 valence electrons. The second-order valence-corrected chi connectivity index (χ2v) is 5.50. The highest BCUT2D eigenvalue weighted by Gasteiger charge is 2.19. The van der Waals surface area contributed by atoms with Crippen molar-refractivity contribution in [2.24, 2.45) is 0 Å². The molecule has 1 aromatic carbocycles. The molecule has 22 heavy (non-hydrogen) atoms. The van der Waals surface area contributed by atoms with Crippen LogP contribution in [0.1, 0.15) is 15.9 Å². The maximum absolute atomic E-state index is 12.9. The second-order valence-electron chi connectivity index (χ2n) is 4.52. The van der Waals surface area contributed by atoms with Crippen LogP contribution in [-0.2, 0) is 6.54 Å². The maximum atomic E-state index is 12.9. The molecule has 0 saturated carbocycles. The normalized spacial score (nSPS) is 10.8. The molecule has 0 saturated heterocycles. The van der Waals surface area contributed by atoms with Gasteiger partial charge in [0.2, 0.25) is 0 Å². The number of pyridine rings is 1. The average molecular weight is 326 g/mol. The molecule has 0 atom stereocenters. The highest BCUT2D eigenvalue weighted by atomic mass is 32.2. The molecule has 0 N–H and O–H groups in total. The van der Waals surface area contributed by atoms with Crippen LogP contribution in [0, 0.1) is 5.82 Å². The van der Waals surface area contributed by atoms with E-state index in [9.17, 15) is 18.0 Å². The van der Waals surface area contributed by atoms with Gasteiger partial charge in [0, 0.05) is 19.8 Å². The second kappa shape index (κ2) is 7.31. The van der Waals surface area contributed by atoms with E-state index in [2.05, 4.69) is 4.98 Å². The van der Waals surface area contributed by atoms with Crippen molar-refractivity contribution in [1.29, 1.82) is 0 Å². The molecular weight excluding hydrogens is 313 g/mol. The fourth-order valence-corrected chi connectivity index (χ4v) is 2.45. The van der Waals surface area contributed by atoms with Crippen molar-refractivity contribution in [3.8, 4) is 0 Å². The summed E-state index contributed by atoms with van der Waals surface area (Å²) < 4.78 is 37.9. The SMILES string of the molecule is CN(Cc1ccc(F)cc1)C(=O)c1cccnc1SC(F)F. The van der Waals surface area contributed by atoms with Crippen LogP contribution in [0.15, 0.2) is 47.6 Å². The van der Waals surface area contributed by atoms with Crippen molar-refractivity contribution in [2.45, 2.75) is 17.3 Å². The number of aromatic nitrogens is 1. The highest BCUT2D eigenvalue weighted by molar-refractivity contribution is 7.99. The standard InChI is InChI=1S/C15H13F3N2OS/c1-20(9-10-4-6-11(16)7-5-10)14(21)12-3-2-8-19-13(12)22-15(17)18/h2-8,15H,9H2,1H3. The van der Waals surface area contributed by atoms with Gasteiger partial charge in [-0.3, -0.25) is 4.79 Å². The first-order valence-electron chi connectivity index (χ1n) is 6.37. The summed E-state index contributed by atoms with van der Waals surface area (Å²) >= 11 is 0.238. The van der Waals surface area contributed by atoms with Crippen molar-refractivity contribution in [3.63, 3.8) is 0 Å². The van der Waals surface area contributed by atoms with E-state index < -0.39 is 11.7 Å². The number of thioether (sulfide) groups is 1. The zero-order chi connectivity index (χ0) is 16.1. The quantitative estimate of drug-likeness (QED) is 0.784. The Kier molecular flexibility index (Phi) is 5.43. The summed E-state index contributed by atoms with van der Waals surface area (Å²) in [5, 5.41) is -0.00606. The van der Waals surface area contributed by atoms with Crippen LogP contribution in [0.2, 0.25) is 0 Å². The molecule has 0 aliphatic heterocycles. The molecule has 1 heterocycles. The maximum Gasteiger partial charge on any atom is 0.290 e. The summed E-state index contributed by atoms with van der Waals surface area (Å²) in [6, 6.07) is 8.72. The molecule has 0 spiro atoms. The summed E-state index contributed by atoms with van der Waals surface area (Å²) in [5.74, 6) is -3.43. The van der Waals surface area contributed by atoms with Crippen LogP contribution in [0.25, 0.3) is 0 Å². The number of hydrogen-bond donors (Lipinski definition) is 0. The number of benzene rings is 1.